The number of rotatable bonds is 13. The summed E-state index contributed by atoms with van der Waals surface area (Å²) < 4.78 is 69.9. The number of halogens is 4. The van der Waals surface area contributed by atoms with Crippen LogP contribution in [0.5, 0.6) is 5.75 Å². The SMILES string of the molecule is NCCCN1CCC(c2ccccn2)CC1.O=C1OCC2=C1C(c1ccc(F)c(F)c1)N(C(=O)NCCCN1CCC(c3ccccn3)CC1)C(=O)N2.O=C1OCC2=C1C(c1ccc(F)c(F)c1)N(C(=O)Oc1ccc([N+](=O)[O-])cc1)C(=O)N2. The fourth-order valence-electron chi connectivity index (χ4n) is 10.7. The molecule has 0 bridgehead atoms. The summed E-state index contributed by atoms with van der Waals surface area (Å²) in [5, 5.41) is 18.3. The van der Waals surface area contributed by atoms with Crippen LogP contribution in [0, 0.1) is 33.4 Å². The summed E-state index contributed by atoms with van der Waals surface area (Å²) in [4.78, 5) is 101. The van der Waals surface area contributed by atoms with Crippen LogP contribution in [0.25, 0.3) is 0 Å². The van der Waals surface area contributed by atoms with Gasteiger partial charge in [-0.15, -0.1) is 0 Å². The van der Waals surface area contributed by atoms with Crippen LogP contribution in [0.2, 0.25) is 0 Å². The molecule has 84 heavy (non-hydrogen) atoms. The number of benzene rings is 3. The molecule has 0 spiro atoms. The number of carbonyl (C=O) groups excluding carboxylic acids is 6. The number of nitrogens with one attached hydrogen (secondary N) is 3. The number of aromatic nitrogens is 2. The van der Waals surface area contributed by atoms with Crippen molar-refractivity contribution in [3.05, 3.63) is 188 Å². The third kappa shape index (κ3) is 14.0. The van der Waals surface area contributed by atoms with Gasteiger partial charge >= 0.3 is 36.1 Å². The highest BCUT2D eigenvalue weighted by molar-refractivity contribution is 6.04. The number of urea groups is 3. The number of nitro benzene ring substituents is 1. The van der Waals surface area contributed by atoms with Gasteiger partial charge in [0.05, 0.1) is 27.5 Å². The van der Waals surface area contributed by atoms with E-state index in [2.05, 4.69) is 53.9 Å². The molecule has 2 unspecified atom stereocenters. The second kappa shape index (κ2) is 27.3. The Morgan fingerprint density at radius 3 is 1.58 bits per heavy atom. The lowest BCUT2D eigenvalue weighted by atomic mass is 9.93. The van der Waals surface area contributed by atoms with Crippen molar-refractivity contribution in [3.63, 3.8) is 0 Å². The lowest BCUT2D eigenvalue weighted by Gasteiger charge is -2.34. The maximum Gasteiger partial charge on any atom is 0.424 e. The molecule has 0 radical (unpaired) electrons. The van der Waals surface area contributed by atoms with Gasteiger partial charge in [0.1, 0.15) is 31.0 Å². The zero-order chi connectivity index (χ0) is 59.4. The number of nitro groups is 1. The zero-order valence-corrected chi connectivity index (χ0v) is 45.2. The van der Waals surface area contributed by atoms with Gasteiger partial charge in [0.2, 0.25) is 0 Å². The number of carbonyl (C=O) groups is 6. The van der Waals surface area contributed by atoms with Gasteiger partial charge in [-0.25, -0.2) is 56.1 Å². The first kappa shape index (κ1) is 59.5. The molecule has 2 saturated heterocycles. The molecule has 26 heteroatoms. The van der Waals surface area contributed by atoms with Crippen LogP contribution in [0.3, 0.4) is 0 Å². The fourth-order valence-corrected chi connectivity index (χ4v) is 10.7. The predicted molar refractivity (Wildman–Crippen MR) is 291 cm³/mol. The molecule has 440 valence electrons. The Morgan fingerprint density at radius 1 is 0.655 bits per heavy atom. The Labute approximate surface area is 478 Å². The van der Waals surface area contributed by atoms with Gasteiger partial charge in [0.15, 0.2) is 23.3 Å². The van der Waals surface area contributed by atoms with Crippen LogP contribution in [-0.2, 0) is 19.1 Å². The van der Waals surface area contributed by atoms with Crippen molar-refractivity contribution < 1.29 is 65.5 Å². The van der Waals surface area contributed by atoms with Crippen LogP contribution >= 0.6 is 0 Å². The maximum atomic E-state index is 14.0. The predicted octanol–water partition coefficient (Wildman–Crippen LogP) is 7.78. The van der Waals surface area contributed by atoms with Gasteiger partial charge in [-0.2, -0.15) is 0 Å². The molecule has 8 heterocycles. The van der Waals surface area contributed by atoms with Gasteiger partial charge in [0.25, 0.3) is 5.69 Å². The van der Waals surface area contributed by atoms with E-state index in [0.29, 0.717) is 29.7 Å². The quantitative estimate of drug-likeness (QED) is 0.0288. The Kier molecular flexibility index (Phi) is 19.3. The first-order valence-corrected chi connectivity index (χ1v) is 27.2. The molecule has 5 aromatic rings. The standard InChI is InChI=1S/C26H27F2N5O4.C19H11F2N3O7.C13H21N3/c27-18-6-5-17(14-19(18)28)23-22-21(15-37-24(22)34)31-26(36)33(23)25(35)30-10-3-11-32-12-7-16(8-13-32)20-4-1-2-9-29-20;20-12-6-1-9(7-13(12)21)16-15-14(8-30-17(15)25)22-18(26)23(16)19(27)31-11-4-2-10(3-5-11)24(28)29;14-7-3-9-16-10-5-12(6-11-16)13-4-1-2-8-15-13/h1-2,4-6,9,14,16,23H,3,7-8,10-13,15H2,(H,30,35)(H,31,36);1-7,16H,8H2,(H,22,26);1-2,4,8,12H,3,5-7,9-11,14H2. The first-order chi connectivity index (χ1) is 40.6. The molecular formula is C58H59F4N11O11. The highest BCUT2D eigenvalue weighted by Crippen LogP contribution is 2.40. The van der Waals surface area contributed by atoms with E-state index in [1.807, 2.05) is 30.6 Å². The zero-order valence-electron chi connectivity index (χ0n) is 45.2. The summed E-state index contributed by atoms with van der Waals surface area (Å²) in [6.45, 7) is 6.87. The van der Waals surface area contributed by atoms with E-state index in [1.54, 1.807) is 0 Å². The van der Waals surface area contributed by atoms with Crippen LogP contribution in [-0.4, -0.2) is 136 Å². The number of imide groups is 2. The van der Waals surface area contributed by atoms with E-state index in [-0.39, 0.29) is 58.3 Å². The number of hydrogen-bond donors (Lipinski definition) is 4. The summed E-state index contributed by atoms with van der Waals surface area (Å²) in [7, 11) is 0. The van der Waals surface area contributed by atoms with Gasteiger partial charge in [-0.3, -0.25) is 20.1 Å². The summed E-state index contributed by atoms with van der Waals surface area (Å²) >= 11 is 0. The normalized spacial score (nSPS) is 19.2. The number of piperidine rings is 2. The van der Waals surface area contributed by atoms with Gasteiger partial charge in [0, 0.05) is 54.3 Å². The molecular weight excluding hydrogens is 1100 g/mol. The molecule has 2 atom stereocenters. The molecule has 11 rings (SSSR count). The largest absolute Gasteiger partial charge is 0.456 e. The van der Waals surface area contributed by atoms with E-state index < -0.39 is 76.4 Å². The van der Waals surface area contributed by atoms with Gasteiger partial charge in [-0.1, -0.05) is 24.3 Å². The number of nitrogens with zero attached hydrogens (tertiary/aromatic N) is 7. The number of amides is 7. The Hall–Kier alpha value is -9.14. The second-order valence-corrected chi connectivity index (χ2v) is 20.3. The van der Waals surface area contributed by atoms with E-state index in [1.165, 1.54) is 37.7 Å². The Balaban J connectivity index is 0.000000162. The summed E-state index contributed by atoms with van der Waals surface area (Å²) in [6.07, 6.45) is 8.74. The third-order valence-electron chi connectivity index (χ3n) is 15.0. The van der Waals surface area contributed by atoms with Crippen LogP contribution < -0.4 is 26.4 Å². The van der Waals surface area contributed by atoms with Crippen molar-refractivity contribution in [1.82, 2.24) is 45.5 Å². The molecule has 7 amide bonds. The third-order valence-corrected chi connectivity index (χ3v) is 15.0. The molecule has 3 aromatic carbocycles. The molecule has 2 aromatic heterocycles. The van der Waals surface area contributed by atoms with E-state index in [0.717, 1.165) is 117 Å². The molecule has 6 aliphatic rings. The average molecular weight is 1160 g/mol. The van der Waals surface area contributed by atoms with Crippen molar-refractivity contribution in [2.75, 3.05) is 65.6 Å². The van der Waals surface area contributed by atoms with Crippen LogP contribution in [0.1, 0.15) is 85.0 Å². The Morgan fingerprint density at radius 2 is 1.13 bits per heavy atom. The summed E-state index contributed by atoms with van der Waals surface area (Å²) in [5.74, 6) is -5.22. The summed E-state index contributed by atoms with van der Waals surface area (Å²) in [5.41, 5.74) is 7.87. The van der Waals surface area contributed by atoms with Crippen LogP contribution in [0.15, 0.2) is 132 Å². The van der Waals surface area contributed by atoms with E-state index in [9.17, 15) is 56.4 Å². The maximum absolute atomic E-state index is 14.0. The number of hydrogen-bond acceptors (Lipinski definition) is 16. The van der Waals surface area contributed by atoms with E-state index >= 15 is 0 Å². The lowest BCUT2D eigenvalue weighted by molar-refractivity contribution is -0.384. The fraction of sp³-hybridized carbons (Fsp3) is 0.345. The molecule has 0 saturated carbocycles. The van der Waals surface area contributed by atoms with Crippen molar-refractivity contribution in [3.8, 4) is 5.75 Å². The molecule has 0 aliphatic carbocycles. The Bertz CT molecular complexity index is 3330. The first-order valence-electron chi connectivity index (χ1n) is 27.2. The van der Waals surface area contributed by atoms with Crippen molar-refractivity contribution in [1.29, 1.82) is 0 Å². The van der Waals surface area contributed by atoms with Gasteiger partial charge < -0.3 is 45.7 Å². The highest BCUT2D eigenvalue weighted by atomic mass is 19.2. The number of pyridine rings is 2. The number of cyclic esters (lactones) is 2. The van der Waals surface area contributed by atoms with Crippen molar-refractivity contribution >= 4 is 41.8 Å². The monoisotopic (exact) mass is 1160 g/mol. The number of likely N-dealkylation sites (tertiary alicyclic amines) is 2. The highest BCUT2D eigenvalue weighted by Gasteiger charge is 2.48. The minimum atomic E-state index is -1.45. The number of non-ortho nitro benzene ring substituents is 1. The number of esters is 2. The molecule has 2 fully saturated rings. The van der Waals surface area contributed by atoms with Crippen molar-refractivity contribution in [2.24, 2.45) is 5.73 Å². The van der Waals surface area contributed by atoms with E-state index in [4.69, 9.17) is 19.9 Å². The summed E-state index contributed by atoms with van der Waals surface area (Å²) in [6, 6.07) is 17.1. The number of ether oxygens (including phenoxy) is 3. The van der Waals surface area contributed by atoms with Crippen molar-refractivity contribution in [2.45, 2.75) is 62.4 Å². The molecule has 5 N–H and O–H groups in total. The lowest BCUT2D eigenvalue weighted by Crippen LogP contribution is -2.54. The topological polar surface area (TPSA) is 274 Å². The smallest absolute Gasteiger partial charge is 0.424 e. The average Bonchev–Trinajstić information content (AvgIpc) is 2.17. The second-order valence-electron chi connectivity index (χ2n) is 20.3. The minimum absolute atomic E-state index is 0.0246. The minimum Gasteiger partial charge on any atom is -0.456 e. The van der Waals surface area contributed by atoms with Crippen LogP contribution in [0.4, 0.5) is 42.4 Å². The van der Waals surface area contributed by atoms with Gasteiger partial charge in [-0.05, 0) is 156 Å². The molecule has 6 aliphatic heterocycles. The molecule has 22 nitrogen and oxygen atoms in total. The number of nitrogens with two attached hydrogens (primary N) is 1.